The summed E-state index contributed by atoms with van der Waals surface area (Å²) >= 11 is 0. The van der Waals surface area contributed by atoms with Gasteiger partial charge in [-0.15, -0.1) is 0 Å². The van der Waals surface area contributed by atoms with Crippen molar-refractivity contribution in [2.75, 3.05) is 40.0 Å². The molecule has 11 heteroatoms. The van der Waals surface area contributed by atoms with Crippen molar-refractivity contribution in [3.05, 3.63) is 138 Å². The van der Waals surface area contributed by atoms with Crippen LogP contribution in [0.2, 0.25) is 5.04 Å². The van der Waals surface area contributed by atoms with Crippen LogP contribution in [-0.2, 0) is 31.8 Å². The Bertz CT molecular complexity index is 2050. The molecule has 1 aromatic heterocycles. The highest BCUT2D eigenvalue weighted by molar-refractivity contribution is 6.99. The maximum absolute atomic E-state index is 14.1. The van der Waals surface area contributed by atoms with Crippen LogP contribution in [0.4, 0.5) is 0 Å². The zero-order valence-corrected chi connectivity index (χ0v) is 36.4. The van der Waals surface area contributed by atoms with Crippen LogP contribution >= 0.6 is 0 Å². The molecule has 1 amide bonds. The largest absolute Gasteiger partial charge is 0.465 e. The van der Waals surface area contributed by atoms with Crippen LogP contribution in [0, 0.1) is 0 Å². The molecule has 4 aromatic carbocycles. The number of amides is 1. The van der Waals surface area contributed by atoms with Gasteiger partial charge in [0, 0.05) is 31.4 Å². The van der Waals surface area contributed by atoms with E-state index in [4.69, 9.17) is 23.6 Å². The molecule has 0 saturated heterocycles. The van der Waals surface area contributed by atoms with Crippen LogP contribution in [0.1, 0.15) is 97.1 Å². The zero-order chi connectivity index (χ0) is 42.3. The summed E-state index contributed by atoms with van der Waals surface area (Å²) in [5, 5.41) is 2.22. The zero-order valence-electron chi connectivity index (χ0n) is 35.4. The van der Waals surface area contributed by atoms with Crippen LogP contribution < -0.4 is 10.4 Å². The van der Waals surface area contributed by atoms with E-state index in [2.05, 4.69) is 83.1 Å². The highest BCUT2D eigenvalue weighted by atomic mass is 28.4. The molecule has 0 spiro atoms. The molecule has 0 saturated carbocycles. The molecule has 5 aromatic rings. The van der Waals surface area contributed by atoms with Crippen molar-refractivity contribution in [2.45, 2.75) is 78.5 Å². The van der Waals surface area contributed by atoms with Crippen molar-refractivity contribution in [1.82, 2.24) is 14.5 Å². The van der Waals surface area contributed by atoms with Gasteiger partial charge < -0.3 is 28.1 Å². The maximum Gasteiger partial charge on any atom is 0.339 e. The van der Waals surface area contributed by atoms with Gasteiger partial charge in [-0.05, 0) is 52.0 Å². The lowest BCUT2D eigenvalue weighted by molar-refractivity contribution is 0.0473. The van der Waals surface area contributed by atoms with Gasteiger partial charge in [0.15, 0.2) is 0 Å². The predicted molar refractivity (Wildman–Crippen MR) is 235 cm³/mol. The van der Waals surface area contributed by atoms with Gasteiger partial charge in [0.25, 0.3) is 14.2 Å². The van der Waals surface area contributed by atoms with Crippen LogP contribution in [0.3, 0.4) is 0 Å². The molecule has 5 rings (SSSR count). The van der Waals surface area contributed by atoms with Crippen LogP contribution in [0.5, 0.6) is 0 Å². The maximum atomic E-state index is 14.1. The first-order chi connectivity index (χ1) is 28.5. The highest BCUT2D eigenvalue weighted by Crippen LogP contribution is 2.36. The second kappa shape index (κ2) is 21.6. The quantitative estimate of drug-likeness (QED) is 0.0414. The molecule has 10 nitrogen and oxygen atoms in total. The van der Waals surface area contributed by atoms with E-state index in [1.807, 2.05) is 51.9 Å². The molecule has 0 fully saturated rings. The number of aromatic nitrogens is 2. The first-order valence-electron chi connectivity index (χ1n) is 20.7. The van der Waals surface area contributed by atoms with Crippen molar-refractivity contribution in [3.8, 4) is 11.4 Å². The number of ether oxygens (including phenoxy) is 3. The summed E-state index contributed by atoms with van der Waals surface area (Å²) in [4.78, 5) is 47.3. The van der Waals surface area contributed by atoms with Crippen LogP contribution in [-0.4, -0.2) is 80.6 Å². The van der Waals surface area contributed by atoms with Crippen LogP contribution in [0.25, 0.3) is 11.4 Å². The van der Waals surface area contributed by atoms with Gasteiger partial charge >= 0.3 is 11.9 Å². The van der Waals surface area contributed by atoms with Gasteiger partial charge in [-0.3, -0.25) is 4.79 Å². The third-order valence-corrected chi connectivity index (χ3v) is 15.4. The molecular weight excluding hydrogens is 759 g/mol. The molecule has 0 atom stereocenters. The number of imidazole rings is 1. The number of nitrogens with zero attached hydrogens (tertiary/aromatic N) is 3. The summed E-state index contributed by atoms with van der Waals surface area (Å²) in [7, 11) is -1.45. The number of methoxy groups -OCH3 is 1. The number of benzene rings is 4. The lowest BCUT2D eigenvalue weighted by atomic mass is 10.0. The molecule has 0 aliphatic rings. The molecule has 0 aliphatic heterocycles. The summed E-state index contributed by atoms with van der Waals surface area (Å²) in [5.74, 6) is -1.02. The summed E-state index contributed by atoms with van der Waals surface area (Å²) in [6.07, 6.45) is 5.39. The molecule has 59 heavy (non-hydrogen) atoms. The summed E-state index contributed by atoms with van der Waals surface area (Å²) < 4.78 is 25.9. The summed E-state index contributed by atoms with van der Waals surface area (Å²) in [6, 6.07) is 35.1. The molecular formula is C48H59N3O7Si. The van der Waals surface area contributed by atoms with Gasteiger partial charge in [0.1, 0.15) is 18.1 Å². The van der Waals surface area contributed by atoms with Gasteiger partial charge in [-0.1, -0.05) is 138 Å². The number of hydrogen-bond donors (Lipinski definition) is 0. The Morgan fingerprint density at radius 1 is 0.746 bits per heavy atom. The Morgan fingerprint density at radius 3 is 1.90 bits per heavy atom. The smallest absolute Gasteiger partial charge is 0.339 e. The van der Waals surface area contributed by atoms with Crippen molar-refractivity contribution >= 4 is 36.5 Å². The Labute approximate surface area is 350 Å². The fourth-order valence-electron chi connectivity index (χ4n) is 7.31. The number of hydrogen-bond acceptors (Lipinski definition) is 8. The number of unbranched alkanes of at least 4 members (excludes halogenated alkanes) is 2. The second-order valence-corrected chi connectivity index (χ2v) is 19.9. The van der Waals surface area contributed by atoms with E-state index in [0.29, 0.717) is 44.2 Å². The number of rotatable bonds is 21. The molecule has 0 unspecified atom stereocenters. The lowest BCUT2D eigenvalue weighted by Crippen LogP contribution is -2.66. The number of esters is 2. The number of carbonyl (C=O) groups excluding carboxylic acids is 3. The Kier molecular flexibility index (Phi) is 16.4. The Hall–Kier alpha value is -5.36. The van der Waals surface area contributed by atoms with Crippen molar-refractivity contribution in [3.63, 3.8) is 0 Å². The molecule has 312 valence electrons. The molecule has 1 heterocycles. The number of carbonyl (C=O) groups is 3. The van der Waals surface area contributed by atoms with E-state index in [1.54, 1.807) is 18.3 Å². The fourth-order valence-corrected chi connectivity index (χ4v) is 11.9. The summed E-state index contributed by atoms with van der Waals surface area (Å²) in [6.45, 7) is 13.5. The minimum atomic E-state index is -2.74. The summed E-state index contributed by atoms with van der Waals surface area (Å²) in [5.41, 5.74) is 1.81. The fraction of sp³-hybridized carbons (Fsp3) is 0.375. The van der Waals surface area contributed by atoms with Crippen molar-refractivity contribution < 1.29 is 33.0 Å². The van der Waals surface area contributed by atoms with Crippen LogP contribution in [0.15, 0.2) is 115 Å². The van der Waals surface area contributed by atoms with Gasteiger partial charge in [0.2, 0.25) is 0 Å². The molecule has 0 radical (unpaired) electrons. The highest BCUT2D eigenvalue weighted by Gasteiger charge is 2.50. The Balaban J connectivity index is 1.43. The lowest BCUT2D eigenvalue weighted by Gasteiger charge is -2.43. The SMILES string of the molecule is CCCCN(CCCC)C(=O)c1cn(CCOCCO[Si](c2ccccc2)(c2ccccc2)C(C)(C)C)c(-c2ccc(C(=O)OC)cc2C(=O)OCc2ccccc2)n1. The van der Waals surface area contributed by atoms with E-state index in [1.165, 1.54) is 23.5 Å². The average molecular weight is 818 g/mol. The molecule has 0 aliphatic carbocycles. The average Bonchev–Trinajstić information content (AvgIpc) is 3.69. The topological polar surface area (TPSA) is 109 Å². The predicted octanol–water partition coefficient (Wildman–Crippen LogP) is 8.33. The normalized spacial score (nSPS) is 11.6. The first kappa shape index (κ1) is 44.7. The molecule has 0 bridgehead atoms. The van der Waals surface area contributed by atoms with E-state index in [-0.39, 0.29) is 41.0 Å². The van der Waals surface area contributed by atoms with E-state index >= 15 is 0 Å². The Morgan fingerprint density at radius 2 is 1.34 bits per heavy atom. The van der Waals surface area contributed by atoms with Gasteiger partial charge in [-0.2, -0.15) is 0 Å². The van der Waals surface area contributed by atoms with Crippen molar-refractivity contribution in [2.24, 2.45) is 0 Å². The van der Waals surface area contributed by atoms with Gasteiger partial charge in [-0.25, -0.2) is 14.6 Å². The molecule has 0 N–H and O–H groups in total. The monoisotopic (exact) mass is 817 g/mol. The first-order valence-corrected chi connectivity index (χ1v) is 22.6. The minimum absolute atomic E-state index is 0.0351. The van der Waals surface area contributed by atoms with E-state index < -0.39 is 20.3 Å². The second-order valence-electron chi connectivity index (χ2n) is 15.6. The van der Waals surface area contributed by atoms with E-state index in [0.717, 1.165) is 31.2 Å². The van der Waals surface area contributed by atoms with E-state index in [9.17, 15) is 14.4 Å². The minimum Gasteiger partial charge on any atom is -0.465 e. The third-order valence-electron chi connectivity index (χ3n) is 10.4. The van der Waals surface area contributed by atoms with Crippen molar-refractivity contribution in [1.29, 1.82) is 0 Å². The standard InChI is InChI=1S/C48H59N3O7Si/c1-7-9-28-50(29-10-8-2)45(52)43-35-51(30-31-56-32-33-58-59(48(3,4)5,39-22-16-12-17-23-39)40-24-18-13-19-25-40)44(49-43)41-27-26-38(46(53)55-6)34-42(41)47(54)57-36-37-20-14-11-15-21-37/h11-27,34-35H,7-10,28-33,36H2,1-6H3. The van der Waals surface area contributed by atoms with Gasteiger partial charge in [0.05, 0.1) is 38.1 Å². The third kappa shape index (κ3) is 11.2.